The number of nitrogens with one attached hydrogen (secondary N) is 1. The number of aryl methyl sites for hydroxylation is 1. The average Bonchev–Trinajstić information content (AvgIpc) is 3.07. The van der Waals surface area contributed by atoms with E-state index in [0.717, 1.165) is 0 Å². The number of hydrogen-bond acceptors (Lipinski definition) is 7. The van der Waals surface area contributed by atoms with Gasteiger partial charge in [-0.1, -0.05) is 23.7 Å². The largest absolute Gasteiger partial charge is 0.423 e. The summed E-state index contributed by atoms with van der Waals surface area (Å²) in [5.74, 6) is -0.743. The topological polar surface area (TPSA) is 129 Å². The van der Waals surface area contributed by atoms with Crippen molar-refractivity contribution in [2.45, 2.75) is 26.8 Å². The van der Waals surface area contributed by atoms with Crippen molar-refractivity contribution >= 4 is 35.4 Å². The molecule has 11 heteroatoms. The summed E-state index contributed by atoms with van der Waals surface area (Å²) in [5.41, 5.74) is 3.69. The van der Waals surface area contributed by atoms with Crippen LogP contribution >= 0.6 is 11.6 Å². The molecule has 0 spiro atoms. The second kappa shape index (κ2) is 10.0. The lowest BCUT2D eigenvalue weighted by atomic mass is 10.2. The van der Waals surface area contributed by atoms with Gasteiger partial charge in [0, 0.05) is 5.02 Å². The van der Waals surface area contributed by atoms with Gasteiger partial charge in [-0.25, -0.2) is 10.2 Å². The van der Waals surface area contributed by atoms with Crippen LogP contribution in [0.5, 0.6) is 5.75 Å². The van der Waals surface area contributed by atoms with Crippen LogP contribution in [0.1, 0.15) is 40.3 Å². The highest BCUT2D eigenvalue weighted by atomic mass is 35.5. The number of benzene rings is 2. The van der Waals surface area contributed by atoms with Crippen molar-refractivity contribution in [3.05, 3.63) is 86.2 Å². The van der Waals surface area contributed by atoms with E-state index in [-0.39, 0.29) is 17.1 Å². The van der Waals surface area contributed by atoms with Crippen molar-refractivity contribution in [2.24, 2.45) is 5.10 Å². The lowest BCUT2D eigenvalue weighted by Crippen LogP contribution is -2.28. The molecule has 1 N–H and O–H groups in total. The van der Waals surface area contributed by atoms with Crippen molar-refractivity contribution in [1.82, 2.24) is 15.2 Å². The Hall–Kier alpha value is -4.05. The van der Waals surface area contributed by atoms with E-state index in [1.54, 1.807) is 55.5 Å². The number of carbonyl (C=O) groups excluding carboxylic acids is 2. The number of hydrogen-bond donors (Lipinski definition) is 1. The first-order valence-corrected chi connectivity index (χ1v) is 10.2. The Kier molecular flexibility index (Phi) is 7.19. The van der Waals surface area contributed by atoms with E-state index in [1.165, 1.54) is 24.7 Å². The van der Waals surface area contributed by atoms with E-state index in [9.17, 15) is 19.7 Å². The summed E-state index contributed by atoms with van der Waals surface area (Å²) in [6.07, 6.45) is 1.38. The predicted molar refractivity (Wildman–Crippen MR) is 122 cm³/mol. The predicted octanol–water partition coefficient (Wildman–Crippen LogP) is 3.99. The van der Waals surface area contributed by atoms with E-state index >= 15 is 0 Å². The van der Waals surface area contributed by atoms with E-state index in [4.69, 9.17) is 16.3 Å². The fourth-order valence-corrected chi connectivity index (χ4v) is 3.21. The van der Waals surface area contributed by atoms with E-state index in [2.05, 4.69) is 15.6 Å². The van der Waals surface area contributed by atoms with Crippen LogP contribution in [0.4, 0.5) is 5.69 Å². The summed E-state index contributed by atoms with van der Waals surface area (Å²) >= 11 is 5.82. The van der Waals surface area contributed by atoms with Gasteiger partial charge < -0.3 is 4.74 Å². The Bertz CT molecular complexity index is 1240. The molecule has 1 atom stereocenters. The van der Waals surface area contributed by atoms with Crippen molar-refractivity contribution in [1.29, 1.82) is 0 Å². The molecule has 1 unspecified atom stereocenters. The molecule has 0 saturated carbocycles. The van der Waals surface area contributed by atoms with Gasteiger partial charge in [0.15, 0.2) is 0 Å². The molecule has 3 rings (SSSR count). The Morgan fingerprint density at radius 3 is 2.58 bits per heavy atom. The minimum atomic E-state index is -0.818. The quantitative estimate of drug-likeness (QED) is 0.183. The zero-order valence-electron chi connectivity index (χ0n) is 18.0. The highest BCUT2D eigenvalue weighted by Crippen LogP contribution is 2.24. The standard InChI is InChI=1S/C22H20ClN5O5/c1-13-20(28(31)32)14(2)27(26-13)15(3)21(29)25-24-12-16-5-4-6-19(11-16)33-22(30)17-7-9-18(23)10-8-17/h4-12,15H,1-3H3,(H,25,29). The highest BCUT2D eigenvalue weighted by Gasteiger charge is 2.26. The van der Waals surface area contributed by atoms with Crippen LogP contribution in [-0.2, 0) is 4.79 Å². The molecule has 1 amide bonds. The molecule has 170 valence electrons. The lowest BCUT2D eigenvalue weighted by Gasteiger charge is -2.11. The molecule has 2 aromatic carbocycles. The molecule has 0 radical (unpaired) electrons. The Balaban J connectivity index is 1.64. The van der Waals surface area contributed by atoms with Gasteiger partial charge in [-0.3, -0.25) is 19.6 Å². The molecule has 33 heavy (non-hydrogen) atoms. The Morgan fingerprint density at radius 1 is 1.24 bits per heavy atom. The first-order chi connectivity index (χ1) is 15.7. The number of ether oxygens (including phenoxy) is 1. The van der Waals surface area contributed by atoms with Gasteiger partial charge in [0.05, 0.1) is 16.7 Å². The molecule has 1 aromatic heterocycles. The second-order valence-corrected chi connectivity index (χ2v) is 7.54. The average molecular weight is 470 g/mol. The molecule has 0 aliphatic carbocycles. The van der Waals surface area contributed by atoms with E-state index in [1.807, 2.05) is 0 Å². The number of amides is 1. The van der Waals surface area contributed by atoms with Crippen LogP contribution in [0.15, 0.2) is 53.6 Å². The maximum absolute atomic E-state index is 12.4. The first kappa shape index (κ1) is 23.6. The third-order valence-corrected chi connectivity index (χ3v) is 5.00. The molecule has 10 nitrogen and oxygen atoms in total. The van der Waals surface area contributed by atoms with Gasteiger partial charge in [0.1, 0.15) is 23.2 Å². The Morgan fingerprint density at radius 2 is 1.94 bits per heavy atom. The number of halogens is 1. The molecule has 0 bridgehead atoms. The first-order valence-electron chi connectivity index (χ1n) is 9.78. The summed E-state index contributed by atoms with van der Waals surface area (Å²) in [7, 11) is 0. The lowest BCUT2D eigenvalue weighted by molar-refractivity contribution is -0.386. The minimum Gasteiger partial charge on any atom is -0.423 e. The van der Waals surface area contributed by atoms with Gasteiger partial charge in [-0.05, 0) is 62.7 Å². The molecule has 0 saturated heterocycles. The summed E-state index contributed by atoms with van der Waals surface area (Å²) in [4.78, 5) is 35.3. The number of nitro groups is 1. The maximum Gasteiger partial charge on any atom is 0.343 e. The number of aromatic nitrogens is 2. The Labute approximate surface area is 194 Å². The molecular weight excluding hydrogens is 450 g/mol. The normalized spacial score (nSPS) is 11.9. The van der Waals surface area contributed by atoms with Crippen molar-refractivity contribution in [3.63, 3.8) is 0 Å². The van der Waals surface area contributed by atoms with Crippen LogP contribution in [-0.4, -0.2) is 32.8 Å². The smallest absolute Gasteiger partial charge is 0.343 e. The van der Waals surface area contributed by atoms with Crippen LogP contribution in [0.3, 0.4) is 0 Å². The van der Waals surface area contributed by atoms with Gasteiger partial charge in [-0.15, -0.1) is 0 Å². The third kappa shape index (κ3) is 5.60. The molecular formula is C22H20ClN5O5. The SMILES string of the molecule is Cc1nn(C(C)C(=O)NN=Cc2cccc(OC(=O)c3ccc(Cl)cc3)c2)c(C)c1[N+](=O)[O-]. The van der Waals surface area contributed by atoms with Crippen LogP contribution in [0, 0.1) is 24.0 Å². The highest BCUT2D eigenvalue weighted by molar-refractivity contribution is 6.30. The van der Waals surface area contributed by atoms with Crippen molar-refractivity contribution < 1.29 is 19.2 Å². The zero-order valence-corrected chi connectivity index (χ0v) is 18.7. The monoisotopic (exact) mass is 469 g/mol. The van der Waals surface area contributed by atoms with E-state index < -0.39 is 22.8 Å². The number of hydrazone groups is 1. The van der Waals surface area contributed by atoms with Crippen molar-refractivity contribution in [2.75, 3.05) is 0 Å². The summed E-state index contributed by atoms with van der Waals surface area (Å²) in [6.45, 7) is 4.60. The summed E-state index contributed by atoms with van der Waals surface area (Å²) < 4.78 is 6.64. The summed E-state index contributed by atoms with van der Waals surface area (Å²) in [5, 5.41) is 19.7. The van der Waals surface area contributed by atoms with Gasteiger partial charge in [-0.2, -0.15) is 10.2 Å². The zero-order chi connectivity index (χ0) is 24.1. The summed E-state index contributed by atoms with van der Waals surface area (Å²) in [6, 6.07) is 12.1. The molecule has 0 aliphatic heterocycles. The minimum absolute atomic E-state index is 0.122. The number of esters is 1. The fraction of sp³-hybridized carbons (Fsp3) is 0.182. The van der Waals surface area contributed by atoms with Gasteiger partial charge in [0.25, 0.3) is 5.91 Å². The third-order valence-electron chi connectivity index (χ3n) is 4.75. The van der Waals surface area contributed by atoms with Crippen LogP contribution < -0.4 is 10.2 Å². The number of nitrogens with zero attached hydrogens (tertiary/aromatic N) is 4. The van der Waals surface area contributed by atoms with Crippen molar-refractivity contribution in [3.8, 4) is 5.75 Å². The fourth-order valence-electron chi connectivity index (χ4n) is 3.08. The number of rotatable bonds is 7. The molecule has 1 heterocycles. The van der Waals surface area contributed by atoms with Crippen LogP contribution in [0.25, 0.3) is 0 Å². The molecule has 0 fully saturated rings. The maximum atomic E-state index is 12.4. The van der Waals surface area contributed by atoms with Gasteiger partial charge in [0.2, 0.25) is 0 Å². The van der Waals surface area contributed by atoms with Crippen LogP contribution in [0.2, 0.25) is 5.02 Å². The molecule has 0 aliphatic rings. The second-order valence-electron chi connectivity index (χ2n) is 7.10. The number of carbonyl (C=O) groups is 2. The van der Waals surface area contributed by atoms with Gasteiger partial charge >= 0.3 is 11.7 Å². The molecule has 3 aromatic rings. The van der Waals surface area contributed by atoms with E-state index in [0.29, 0.717) is 21.9 Å².